The number of aromatic nitrogens is 3. The molecule has 0 bridgehead atoms. The highest BCUT2D eigenvalue weighted by atomic mass is 16.4. The van der Waals surface area contributed by atoms with Gasteiger partial charge >= 0.3 is 5.97 Å². The van der Waals surface area contributed by atoms with E-state index in [1.807, 2.05) is 47.1 Å². The third-order valence-electron chi connectivity index (χ3n) is 4.86. The number of nitrogens with zero attached hydrogens (tertiary/aromatic N) is 4. The third kappa shape index (κ3) is 3.36. The minimum absolute atomic E-state index is 0.0403. The molecule has 1 aliphatic rings. The van der Waals surface area contributed by atoms with Crippen LogP contribution in [0.15, 0.2) is 60.8 Å². The molecule has 0 saturated carbocycles. The normalized spacial score (nSPS) is 17.0. The molecule has 0 unspecified atom stereocenters. The van der Waals surface area contributed by atoms with Crippen LogP contribution in [0.2, 0.25) is 0 Å². The highest BCUT2D eigenvalue weighted by molar-refractivity contribution is 5.67. The van der Waals surface area contributed by atoms with E-state index in [0.29, 0.717) is 6.54 Å². The van der Waals surface area contributed by atoms with Crippen molar-refractivity contribution < 1.29 is 9.90 Å². The molecule has 2 heterocycles. The molecular weight excluding hydrogens is 328 g/mol. The van der Waals surface area contributed by atoms with Gasteiger partial charge in [-0.3, -0.25) is 9.69 Å². The molecule has 6 nitrogen and oxygen atoms in total. The monoisotopic (exact) mass is 348 g/mol. The maximum absolute atomic E-state index is 11.4. The lowest BCUT2D eigenvalue weighted by Gasteiger charge is -2.36. The SMILES string of the molecule is O=C(O)C[C@@H]1Cc2ccccc2CN1Cc1cnnn1-c1ccccc1. The average molecular weight is 348 g/mol. The number of carboxylic acids is 1. The predicted molar refractivity (Wildman–Crippen MR) is 96.8 cm³/mol. The van der Waals surface area contributed by atoms with Gasteiger partial charge in [0.15, 0.2) is 0 Å². The topological polar surface area (TPSA) is 71.2 Å². The summed E-state index contributed by atoms with van der Waals surface area (Å²) in [6.45, 7) is 1.34. The van der Waals surface area contributed by atoms with Crippen LogP contribution in [-0.2, 0) is 24.3 Å². The summed E-state index contributed by atoms with van der Waals surface area (Å²) in [5.74, 6) is -0.769. The van der Waals surface area contributed by atoms with Gasteiger partial charge in [0, 0.05) is 19.1 Å². The standard InChI is InChI=1S/C20H20N4O2/c25-20(26)11-18-10-15-6-4-5-7-16(15)13-23(18)14-19-12-21-22-24(19)17-8-2-1-3-9-17/h1-9,12,18H,10-11,13-14H2,(H,25,26)/t18-/m0/s1. The van der Waals surface area contributed by atoms with Crippen molar-refractivity contribution in [1.29, 1.82) is 0 Å². The lowest BCUT2D eigenvalue weighted by atomic mass is 9.92. The van der Waals surface area contributed by atoms with Crippen molar-refractivity contribution in [3.05, 3.63) is 77.6 Å². The molecule has 1 aliphatic heterocycles. The van der Waals surface area contributed by atoms with Gasteiger partial charge < -0.3 is 5.11 Å². The first-order chi connectivity index (χ1) is 12.7. The van der Waals surface area contributed by atoms with Gasteiger partial charge in [-0.25, -0.2) is 4.68 Å². The second-order valence-corrected chi connectivity index (χ2v) is 6.60. The van der Waals surface area contributed by atoms with Crippen molar-refractivity contribution in [3.8, 4) is 5.69 Å². The lowest BCUT2D eigenvalue weighted by molar-refractivity contribution is -0.138. The minimum atomic E-state index is -0.769. The largest absolute Gasteiger partial charge is 0.481 e. The van der Waals surface area contributed by atoms with Crippen LogP contribution in [0.5, 0.6) is 0 Å². The first-order valence-corrected chi connectivity index (χ1v) is 8.68. The number of carboxylic acid groups (broad SMARTS) is 1. The maximum atomic E-state index is 11.4. The first-order valence-electron chi connectivity index (χ1n) is 8.68. The average Bonchev–Trinajstić information content (AvgIpc) is 3.10. The van der Waals surface area contributed by atoms with Crippen molar-refractivity contribution in [2.75, 3.05) is 0 Å². The summed E-state index contributed by atoms with van der Waals surface area (Å²) in [4.78, 5) is 13.6. The molecule has 132 valence electrons. The van der Waals surface area contributed by atoms with Crippen LogP contribution in [0.1, 0.15) is 23.2 Å². The van der Waals surface area contributed by atoms with Crippen LogP contribution >= 0.6 is 0 Å². The van der Waals surface area contributed by atoms with E-state index in [9.17, 15) is 9.90 Å². The van der Waals surface area contributed by atoms with Crippen LogP contribution in [0.4, 0.5) is 0 Å². The lowest BCUT2D eigenvalue weighted by Crippen LogP contribution is -2.41. The van der Waals surface area contributed by atoms with Gasteiger partial charge in [-0.1, -0.05) is 47.7 Å². The smallest absolute Gasteiger partial charge is 0.304 e. The summed E-state index contributed by atoms with van der Waals surface area (Å²) in [6, 6.07) is 18.1. The summed E-state index contributed by atoms with van der Waals surface area (Å²) in [7, 11) is 0. The summed E-state index contributed by atoms with van der Waals surface area (Å²) >= 11 is 0. The fourth-order valence-corrected chi connectivity index (χ4v) is 3.59. The highest BCUT2D eigenvalue weighted by Gasteiger charge is 2.28. The van der Waals surface area contributed by atoms with Gasteiger partial charge in [0.2, 0.25) is 0 Å². The molecule has 1 atom stereocenters. The molecule has 2 aromatic carbocycles. The zero-order valence-electron chi connectivity index (χ0n) is 14.3. The Morgan fingerprint density at radius 1 is 1.08 bits per heavy atom. The molecule has 26 heavy (non-hydrogen) atoms. The van der Waals surface area contributed by atoms with E-state index in [2.05, 4.69) is 27.3 Å². The molecule has 1 aromatic heterocycles. The quantitative estimate of drug-likeness (QED) is 0.767. The van der Waals surface area contributed by atoms with Crippen LogP contribution in [0, 0.1) is 0 Å². The number of rotatable bonds is 5. The zero-order valence-corrected chi connectivity index (χ0v) is 14.3. The van der Waals surface area contributed by atoms with E-state index >= 15 is 0 Å². The fourth-order valence-electron chi connectivity index (χ4n) is 3.59. The van der Waals surface area contributed by atoms with E-state index < -0.39 is 5.97 Å². The fraction of sp³-hybridized carbons (Fsp3) is 0.250. The summed E-state index contributed by atoms with van der Waals surface area (Å²) in [6.07, 6.45) is 2.63. The number of hydrogen-bond donors (Lipinski definition) is 1. The number of para-hydroxylation sites is 1. The predicted octanol–water partition coefficient (Wildman–Crippen LogP) is 2.67. The molecule has 1 N–H and O–H groups in total. The molecule has 3 aromatic rings. The van der Waals surface area contributed by atoms with E-state index in [4.69, 9.17) is 0 Å². The minimum Gasteiger partial charge on any atom is -0.481 e. The Balaban J connectivity index is 1.62. The van der Waals surface area contributed by atoms with Gasteiger partial charge in [0.1, 0.15) is 0 Å². The molecule has 0 spiro atoms. The van der Waals surface area contributed by atoms with Crippen LogP contribution in [0.25, 0.3) is 5.69 Å². The van der Waals surface area contributed by atoms with Crippen molar-refractivity contribution in [3.63, 3.8) is 0 Å². The molecule has 0 saturated heterocycles. The van der Waals surface area contributed by atoms with Crippen LogP contribution < -0.4 is 0 Å². The van der Waals surface area contributed by atoms with Gasteiger partial charge in [-0.2, -0.15) is 0 Å². The van der Waals surface area contributed by atoms with E-state index in [0.717, 1.165) is 24.3 Å². The first kappa shape index (κ1) is 16.5. The summed E-state index contributed by atoms with van der Waals surface area (Å²) in [5, 5.41) is 17.6. The van der Waals surface area contributed by atoms with Crippen molar-refractivity contribution in [1.82, 2.24) is 19.9 Å². The number of benzene rings is 2. The van der Waals surface area contributed by atoms with Gasteiger partial charge in [-0.15, -0.1) is 5.10 Å². The van der Waals surface area contributed by atoms with E-state index in [1.54, 1.807) is 6.20 Å². The molecular formula is C20H20N4O2. The summed E-state index contributed by atoms with van der Waals surface area (Å²) < 4.78 is 1.82. The van der Waals surface area contributed by atoms with E-state index in [1.165, 1.54) is 11.1 Å². The number of fused-ring (bicyclic) bond motifs is 1. The molecule has 4 rings (SSSR count). The number of hydrogen-bond acceptors (Lipinski definition) is 4. The molecule has 6 heteroatoms. The molecule has 0 radical (unpaired) electrons. The van der Waals surface area contributed by atoms with Crippen LogP contribution in [-0.4, -0.2) is 37.0 Å². The van der Waals surface area contributed by atoms with Crippen molar-refractivity contribution >= 4 is 5.97 Å². The van der Waals surface area contributed by atoms with Crippen molar-refractivity contribution in [2.45, 2.75) is 32.0 Å². The Morgan fingerprint density at radius 2 is 1.81 bits per heavy atom. The zero-order chi connectivity index (χ0) is 17.9. The Labute approximate surface area is 151 Å². The second kappa shape index (κ2) is 7.09. The van der Waals surface area contributed by atoms with E-state index in [-0.39, 0.29) is 12.5 Å². The third-order valence-corrected chi connectivity index (χ3v) is 4.86. The number of aliphatic carboxylic acids is 1. The molecule has 0 fully saturated rings. The van der Waals surface area contributed by atoms with Gasteiger partial charge in [0.25, 0.3) is 0 Å². The molecule has 0 amide bonds. The Kier molecular flexibility index (Phi) is 4.50. The Bertz CT molecular complexity index is 907. The van der Waals surface area contributed by atoms with Crippen molar-refractivity contribution in [2.24, 2.45) is 0 Å². The molecule has 0 aliphatic carbocycles. The van der Waals surface area contributed by atoms with Crippen LogP contribution in [0.3, 0.4) is 0 Å². The summed E-state index contributed by atoms with van der Waals surface area (Å²) in [5.41, 5.74) is 4.40. The van der Waals surface area contributed by atoms with Gasteiger partial charge in [0.05, 0.1) is 24.0 Å². The Morgan fingerprint density at radius 3 is 2.58 bits per heavy atom. The maximum Gasteiger partial charge on any atom is 0.304 e. The second-order valence-electron chi connectivity index (χ2n) is 6.60. The highest BCUT2D eigenvalue weighted by Crippen LogP contribution is 2.27. The van der Waals surface area contributed by atoms with Gasteiger partial charge in [-0.05, 0) is 29.7 Å². The Hall–Kier alpha value is -2.99. The number of carbonyl (C=O) groups is 1.